The van der Waals surface area contributed by atoms with Crippen LogP contribution < -0.4 is 5.32 Å². The van der Waals surface area contributed by atoms with Crippen LogP contribution in [0.2, 0.25) is 0 Å². The zero-order valence-electron chi connectivity index (χ0n) is 13.2. The van der Waals surface area contributed by atoms with Crippen LogP contribution in [0.15, 0.2) is 22.9 Å². The second-order valence-corrected chi connectivity index (χ2v) is 6.38. The van der Waals surface area contributed by atoms with Crippen molar-refractivity contribution in [1.29, 1.82) is 0 Å². The summed E-state index contributed by atoms with van der Waals surface area (Å²) in [6.07, 6.45) is 7.36. The van der Waals surface area contributed by atoms with Crippen molar-refractivity contribution in [3.8, 4) is 0 Å². The van der Waals surface area contributed by atoms with Crippen LogP contribution in [-0.2, 0) is 18.2 Å². The summed E-state index contributed by atoms with van der Waals surface area (Å²) in [4.78, 5) is 12.8. The summed E-state index contributed by atoms with van der Waals surface area (Å²) in [6.45, 7) is 1.38. The zero-order valence-corrected chi connectivity index (χ0v) is 13.2. The highest BCUT2D eigenvalue weighted by Gasteiger charge is 2.29. The van der Waals surface area contributed by atoms with Crippen molar-refractivity contribution in [3.63, 3.8) is 0 Å². The molecule has 0 bridgehead atoms. The molecule has 6 nitrogen and oxygen atoms in total. The van der Waals surface area contributed by atoms with Gasteiger partial charge in [0.1, 0.15) is 5.76 Å². The number of carbonyl (C=O) groups is 1. The van der Waals surface area contributed by atoms with Crippen molar-refractivity contribution in [2.24, 2.45) is 7.05 Å². The summed E-state index contributed by atoms with van der Waals surface area (Å²) in [7, 11) is 1.85. The number of amides is 1. The summed E-state index contributed by atoms with van der Waals surface area (Å²) in [5.74, 6) is 1.16. The third kappa shape index (κ3) is 2.67. The van der Waals surface area contributed by atoms with Gasteiger partial charge in [0.15, 0.2) is 0 Å². The molecule has 0 aromatic carbocycles. The van der Waals surface area contributed by atoms with Gasteiger partial charge in [-0.3, -0.25) is 9.48 Å². The molecular weight excluding hydrogens is 294 g/mol. The topological polar surface area (TPSA) is 69.3 Å². The Kier molecular flexibility index (Phi) is 3.69. The molecule has 1 N–H and O–H groups in total. The lowest BCUT2D eigenvalue weighted by Gasteiger charge is -2.22. The Bertz CT molecular complexity index is 712. The van der Waals surface area contributed by atoms with Crippen molar-refractivity contribution in [2.75, 3.05) is 13.2 Å². The lowest BCUT2D eigenvalue weighted by Crippen LogP contribution is -2.31. The van der Waals surface area contributed by atoms with Gasteiger partial charge in [-0.25, -0.2) is 0 Å². The van der Waals surface area contributed by atoms with E-state index in [1.807, 2.05) is 19.3 Å². The van der Waals surface area contributed by atoms with Crippen LogP contribution in [0.3, 0.4) is 0 Å². The molecule has 0 radical (unpaired) electrons. The first-order valence-electron chi connectivity index (χ1n) is 8.21. The number of hydrogen-bond donors (Lipinski definition) is 1. The van der Waals surface area contributed by atoms with Crippen LogP contribution in [0.25, 0.3) is 0 Å². The van der Waals surface area contributed by atoms with E-state index >= 15 is 0 Å². The molecule has 1 amide bonds. The highest BCUT2D eigenvalue weighted by molar-refractivity contribution is 5.95. The molecule has 6 heteroatoms. The normalized spacial score (nSPS) is 23.7. The van der Waals surface area contributed by atoms with Crippen LogP contribution in [0.5, 0.6) is 0 Å². The summed E-state index contributed by atoms with van der Waals surface area (Å²) >= 11 is 0. The molecule has 0 spiro atoms. The maximum Gasteiger partial charge on any atom is 0.255 e. The fourth-order valence-electron chi connectivity index (χ4n) is 3.60. The predicted molar refractivity (Wildman–Crippen MR) is 83.2 cm³/mol. The summed E-state index contributed by atoms with van der Waals surface area (Å²) in [6, 6.07) is 1.99. The lowest BCUT2D eigenvalue weighted by molar-refractivity contribution is 0.0930. The van der Waals surface area contributed by atoms with Crippen molar-refractivity contribution in [1.82, 2.24) is 15.1 Å². The smallest absolute Gasteiger partial charge is 0.255 e. The molecule has 4 rings (SSSR count). The zero-order chi connectivity index (χ0) is 15.8. The van der Waals surface area contributed by atoms with Gasteiger partial charge >= 0.3 is 0 Å². The van der Waals surface area contributed by atoms with Crippen LogP contribution in [0.1, 0.15) is 58.6 Å². The molecule has 23 heavy (non-hydrogen) atoms. The van der Waals surface area contributed by atoms with Gasteiger partial charge in [0.2, 0.25) is 0 Å². The molecule has 2 aromatic heterocycles. The number of ether oxygens (including phenoxy) is 1. The van der Waals surface area contributed by atoms with E-state index in [1.165, 1.54) is 0 Å². The largest absolute Gasteiger partial charge is 0.469 e. The molecule has 2 aliphatic rings. The Morgan fingerprint density at radius 1 is 1.43 bits per heavy atom. The van der Waals surface area contributed by atoms with E-state index in [9.17, 15) is 4.79 Å². The number of furan rings is 1. The van der Waals surface area contributed by atoms with E-state index in [4.69, 9.17) is 9.15 Å². The molecule has 1 aliphatic heterocycles. The Hall–Kier alpha value is -2.08. The first-order chi connectivity index (χ1) is 11.2. The average Bonchev–Trinajstić information content (AvgIpc) is 3.27. The molecule has 0 saturated carbocycles. The van der Waals surface area contributed by atoms with Gasteiger partial charge in [-0.2, -0.15) is 5.10 Å². The SMILES string of the molecule is Cn1cc(C(=O)NC2CCCc3occc32)c(C2CCOC2)n1. The van der Waals surface area contributed by atoms with Crippen molar-refractivity contribution >= 4 is 5.91 Å². The Morgan fingerprint density at radius 2 is 2.35 bits per heavy atom. The average molecular weight is 315 g/mol. The number of rotatable bonds is 3. The van der Waals surface area contributed by atoms with Crippen molar-refractivity contribution in [3.05, 3.63) is 41.1 Å². The fourth-order valence-corrected chi connectivity index (χ4v) is 3.60. The lowest BCUT2D eigenvalue weighted by atomic mass is 9.93. The minimum absolute atomic E-state index is 0.0258. The summed E-state index contributed by atoms with van der Waals surface area (Å²) < 4.78 is 12.7. The number of fused-ring (bicyclic) bond motifs is 1. The van der Waals surface area contributed by atoms with Crippen LogP contribution in [-0.4, -0.2) is 28.9 Å². The van der Waals surface area contributed by atoms with Gasteiger partial charge in [-0.1, -0.05) is 0 Å². The molecule has 1 saturated heterocycles. The number of nitrogens with one attached hydrogen (secondary N) is 1. The Labute approximate surface area is 134 Å². The third-order valence-corrected chi connectivity index (χ3v) is 4.78. The third-order valence-electron chi connectivity index (χ3n) is 4.78. The maximum atomic E-state index is 12.8. The molecule has 2 atom stereocenters. The van der Waals surface area contributed by atoms with Gasteiger partial charge in [-0.15, -0.1) is 0 Å². The van der Waals surface area contributed by atoms with Crippen LogP contribution in [0, 0.1) is 0 Å². The molecule has 122 valence electrons. The van der Waals surface area contributed by atoms with Crippen LogP contribution in [0.4, 0.5) is 0 Å². The van der Waals surface area contributed by atoms with E-state index in [2.05, 4.69) is 10.4 Å². The number of nitrogens with zero attached hydrogens (tertiary/aromatic N) is 2. The summed E-state index contributed by atoms with van der Waals surface area (Å²) in [5, 5.41) is 7.66. The van der Waals surface area contributed by atoms with Crippen molar-refractivity contribution < 1.29 is 13.9 Å². The van der Waals surface area contributed by atoms with Gasteiger partial charge < -0.3 is 14.5 Å². The number of carbonyl (C=O) groups excluding carboxylic acids is 1. The minimum Gasteiger partial charge on any atom is -0.469 e. The second kappa shape index (κ2) is 5.85. The maximum absolute atomic E-state index is 12.8. The van der Waals surface area contributed by atoms with Crippen LogP contribution >= 0.6 is 0 Å². The molecule has 2 unspecified atom stereocenters. The molecule has 1 aliphatic carbocycles. The standard InChI is InChI=1S/C17H21N3O3/c1-20-9-13(16(19-20)11-5-7-22-10-11)17(21)18-14-3-2-4-15-12(14)6-8-23-15/h6,8-9,11,14H,2-5,7,10H2,1H3,(H,18,21). The highest BCUT2D eigenvalue weighted by atomic mass is 16.5. The van der Waals surface area contributed by atoms with Gasteiger partial charge in [0.25, 0.3) is 5.91 Å². The molecule has 3 heterocycles. The van der Waals surface area contributed by atoms with E-state index in [-0.39, 0.29) is 17.9 Å². The Balaban J connectivity index is 1.56. The first-order valence-corrected chi connectivity index (χ1v) is 8.21. The number of hydrogen-bond acceptors (Lipinski definition) is 4. The fraction of sp³-hybridized carbons (Fsp3) is 0.529. The Morgan fingerprint density at radius 3 is 3.17 bits per heavy atom. The molecular formula is C17H21N3O3. The highest BCUT2D eigenvalue weighted by Crippen LogP contribution is 2.31. The number of aryl methyl sites for hydroxylation is 2. The molecule has 1 fully saturated rings. The molecule has 2 aromatic rings. The number of aromatic nitrogens is 2. The van der Waals surface area contributed by atoms with Gasteiger partial charge in [-0.05, 0) is 25.3 Å². The first kappa shape index (κ1) is 14.5. The van der Waals surface area contributed by atoms with Gasteiger partial charge in [0, 0.05) is 37.8 Å². The second-order valence-electron chi connectivity index (χ2n) is 6.38. The van der Waals surface area contributed by atoms with Crippen molar-refractivity contribution in [2.45, 2.75) is 37.6 Å². The predicted octanol–water partition coefficient (Wildman–Crippen LogP) is 2.32. The van der Waals surface area contributed by atoms with E-state index in [0.717, 1.165) is 49.3 Å². The summed E-state index contributed by atoms with van der Waals surface area (Å²) in [5.41, 5.74) is 2.63. The minimum atomic E-state index is -0.0564. The van der Waals surface area contributed by atoms with Gasteiger partial charge in [0.05, 0.1) is 30.2 Å². The monoisotopic (exact) mass is 315 g/mol. The van der Waals surface area contributed by atoms with E-state index in [0.29, 0.717) is 12.2 Å². The quantitative estimate of drug-likeness (QED) is 0.944. The van der Waals surface area contributed by atoms with E-state index < -0.39 is 0 Å². The van der Waals surface area contributed by atoms with E-state index in [1.54, 1.807) is 10.9 Å².